The Bertz CT molecular complexity index is 385. The van der Waals surface area contributed by atoms with E-state index in [0.29, 0.717) is 0 Å². The molecule has 2 unspecified atom stereocenters. The smallest absolute Gasteiger partial charge is 0.310 e. The number of carboxylic acid groups (broad SMARTS) is 1. The molecule has 2 N–H and O–H groups in total. The van der Waals surface area contributed by atoms with Crippen molar-refractivity contribution in [2.24, 2.45) is 5.92 Å². The summed E-state index contributed by atoms with van der Waals surface area (Å²) < 4.78 is 36.8. The molecule has 0 amide bonds. The van der Waals surface area contributed by atoms with Gasteiger partial charge in [0.1, 0.15) is 0 Å². The van der Waals surface area contributed by atoms with E-state index < -0.39 is 28.1 Å². The van der Waals surface area contributed by atoms with Gasteiger partial charge in [-0.3, -0.25) is 4.79 Å². The van der Waals surface area contributed by atoms with Gasteiger partial charge >= 0.3 is 5.97 Å². The van der Waals surface area contributed by atoms with Gasteiger partial charge in [0.15, 0.2) is 0 Å². The van der Waals surface area contributed by atoms with E-state index in [0.717, 1.165) is 4.31 Å². The number of carbonyl (C=O) groups is 1. The molecular formula is C9H18N2O6S. The third-order valence-corrected chi connectivity index (χ3v) is 4.40. The van der Waals surface area contributed by atoms with Gasteiger partial charge in [0, 0.05) is 20.7 Å². The minimum Gasteiger partial charge on any atom is -0.481 e. The average molecular weight is 282 g/mol. The molecule has 1 aliphatic rings. The molecule has 1 aliphatic heterocycles. The number of aliphatic carboxylic acids is 1. The highest BCUT2D eigenvalue weighted by Gasteiger charge is 2.40. The molecule has 0 aromatic rings. The van der Waals surface area contributed by atoms with Crippen molar-refractivity contribution in [1.29, 1.82) is 0 Å². The molecule has 0 aromatic carbocycles. The number of hydrogen-bond donors (Lipinski definition) is 2. The van der Waals surface area contributed by atoms with E-state index in [1.807, 2.05) is 0 Å². The predicted octanol–water partition coefficient (Wildman–Crippen LogP) is -1.50. The number of carboxylic acids is 1. The van der Waals surface area contributed by atoms with E-state index in [1.165, 1.54) is 14.2 Å². The summed E-state index contributed by atoms with van der Waals surface area (Å²) in [6, 6.07) is -0.692. The molecule has 1 heterocycles. The topological polar surface area (TPSA) is 105 Å². The summed E-state index contributed by atoms with van der Waals surface area (Å²) in [7, 11) is -0.923. The minimum absolute atomic E-state index is 0.0257. The van der Waals surface area contributed by atoms with Crippen LogP contribution in [-0.2, 0) is 24.5 Å². The van der Waals surface area contributed by atoms with Gasteiger partial charge < -0.3 is 14.6 Å². The highest BCUT2D eigenvalue weighted by atomic mass is 32.2. The zero-order valence-corrected chi connectivity index (χ0v) is 11.1. The molecule has 0 spiro atoms. The lowest BCUT2D eigenvalue weighted by molar-refractivity contribution is -0.142. The van der Waals surface area contributed by atoms with E-state index in [-0.39, 0.29) is 26.4 Å². The van der Waals surface area contributed by atoms with Gasteiger partial charge in [0.05, 0.1) is 31.8 Å². The highest BCUT2D eigenvalue weighted by Crippen LogP contribution is 2.20. The normalized spacial score (nSPS) is 24.6. The van der Waals surface area contributed by atoms with Crippen LogP contribution >= 0.6 is 0 Å². The van der Waals surface area contributed by atoms with Crippen molar-refractivity contribution in [2.75, 3.05) is 40.5 Å². The first-order valence-corrected chi connectivity index (χ1v) is 6.86. The molecule has 18 heavy (non-hydrogen) atoms. The lowest BCUT2D eigenvalue weighted by Crippen LogP contribution is -2.49. The average Bonchev–Trinajstić information content (AvgIpc) is 2.76. The third-order valence-electron chi connectivity index (χ3n) is 2.80. The molecule has 1 saturated heterocycles. The third kappa shape index (κ3) is 3.62. The number of methoxy groups -OCH3 is 1. The summed E-state index contributed by atoms with van der Waals surface area (Å²) in [5, 5.41) is 8.97. The number of nitrogens with one attached hydrogen (secondary N) is 1. The maximum atomic E-state index is 11.9. The fourth-order valence-corrected chi connectivity index (χ4v) is 2.80. The first-order valence-electron chi connectivity index (χ1n) is 5.42. The second-order valence-electron chi connectivity index (χ2n) is 3.96. The molecular weight excluding hydrogens is 264 g/mol. The number of rotatable bonds is 7. The Balaban J connectivity index is 2.67. The van der Waals surface area contributed by atoms with Crippen LogP contribution in [0.3, 0.4) is 0 Å². The number of ether oxygens (including phenoxy) is 2. The predicted molar refractivity (Wildman–Crippen MR) is 62.3 cm³/mol. The Morgan fingerprint density at radius 1 is 1.56 bits per heavy atom. The molecule has 1 fully saturated rings. The van der Waals surface area contributed by atoms with Gasteiger partial charge in [0.2, 0.25) is 0 Å². The highest BCUT2D eigenvalue weighted by molar-refractivity contribution is 7.87. The first kappa shape index (κ1) is 15.3. The van der Waals surface area contributed by atoms with E-state index >= 15 is 0 Å². The minimum atomic E-state index is -3.72. The van der Waals surface area contributed by atoms with Crippen molar-refractivity contribution in [3.8, 4) is 0 Å². The molecule has 0 radical (unpaired) electrons. The van der Waals surface area contributed by atoms with Gasteiger partial charge in [0.25, 0.3) is 10.2 Å². The fraction of sp³-hybridized carbons (Fsp3) is 0.889. The Morgan fingerprint density at radius 3 is 2.78 bits per heavy atom. The van der Waals surface area contributed by atoms with Gasteiger partial charge in [-0.05, 0) is 0 Å². The van der Waals surface area contributed by atoms with Crippen LogP contribution in [0.4, 0.5) is 0 Å². The number of nitrogens with zero attached hydrogens (tertiary/aromatic N) is 1. The summed E-state index contributed by atoms with van der Waals surface area (Å²) in [6.07, 6.45) is 0. The lowest BCUT2D eigenvalue weighted by atomic mass is 10.1. The standard InChI is InChI=1S/C9H18N2O6S/c1-11(18(14,15)10-3-4-16-2)8-6-17-5-7(8)9(12)13/h7-8,10H,3-6H2,1-2H3,(H,12,13). The maximum absolute atomic E-state index is 11.9. The Morgan fingerprint density at radius 2 is 2.22 bits per heavy atom. The van der Waals surface area contributed by atoms with Crippen molar-refractivity contribution < 1.29 is 27.8 Å². The molecule has 2 atom stereocenters. The molecule has 8 nitrogen and oxygen atoms in total. The lowest BCUT2D eigenvalue weighted by Gasteiger charge is -2.25. The van der Waals surface area contributed by atoms with Crippen LogP contribution in [0.15, 0.2) is 0 Å². The molecule has 9 heteroatoms. The Kier molecular flexibility index (Phi) is 5.47. The largest absolute Gasteiger partial charge is 0.481 e. The van der Waals surface area contributed by atoms with Crippen LogP contribution in [-0.4, -0.2) is 70.4 Å². The number of hydrogen-bond acceptors (Lipinski definition) is 5. The number of likely N-dealkylation sites (N-methyl/N-ethyl adjacent to an activating group) is 1. The molecule has 106 valence electrons. The second-order valence-corrected chi connectivity index (χ2v) is 5.77. The summed E-state index contributed by atoms with van der Waals surface area (Å²) >= 11 is 0. The Labute approximate surface area is 106 Å². The molecule has 0 aliphatic carbocycles. The summed E-state index contributed by atoms with van der Waals surface area (Å²) in [6.45, 7) is 0.488. The van der Waals surface area contributed by atoms with Crippen LogP contribution in [0.25, 0.3) is 0 Å². The zero-order chi connectivity index (χ0) is 13.8. The SMILES string of the molecule is COCCNS(=O)(=O)N(C)C1COCC1C(=O)O. The van der Waals surface area contributed by atoms with E-state index in [9.17, 15) is 13.2 Å². The van der Waals surface area contributed by atoms with Gasteiger partial charge in [-0.25, -0.2) is 0 Å². The van der Waals surface area contributed by atoms with Crippen LogP contribution in [0.5, 0.6) is 0 Å². The second kappa shape index (κ2) is 6.43. The van der Waals surface area contributed by atoms with Crippen molar-refractivity contribution in [3.63, 3.8) is 0 Å². The summed E-state index contributed by atoms with van der Waals surface area (Å²) in [5.41, 5.74) is 0. The zero-order valence-electron chi connectivity index (χ0n) is 10.3. The van der Waals surface area contributed by atoms with Gasteiger partial charge in [-0.1, -0.05) is 0 Å². The van der Waals surface area contributed by atoms with E-state index in [1.54, 1.807) is 0 Å². The molecule has 0 bridgehead atoms. The molecule has 1 rings (SSSR count). The van der Waals surface area contributed by atoms with E-state index in [2.05, 4.69) is 4.72 Å². The van der Waals surface area contributed by atoms with Crippen LogP contribution in [0.1, 0.15) is 0 Å². The van der Waals surface area contributed by atoms with Gasteiger partial charge in [-0.2, -0.15) is 17.4 Å². The molecule has 0 saturated carbocycles. The molecule has 0 aromatic heterocycles. The van der Waals surface area contributed by atoms with Crippen molar-refractivity contribution >= 4 is 16.2 Å². The van der Waals surface area contributed by atoms with Crippen molar-refractivity contribution in [2.45, 2.75) is 6.04 Å². The van der Waals surface area contributed by atoms with Crippen molar-refractivity contribution in [3.05, 3.63) is 0 Å². The summed E-state index contributed by atoms with van der Waals surface area (Å²) in [4.78, 5) is 11.0. The maximum Gasteiger partial charge on any atom is 0.310 e. The van der Waals surface area contributed by atoms with Crippen LogP contribution < -0.4 is 4.72 Å². The first-order chi connectivity index (χ1) is 8.40. The fourth-order valence-electron chi connectivity index (χ4n) is 1.69. The van der Waals surface area contributed by atoms with Crippen LogP contribution in [0, 0.1) is 5.92 Å². The quantitative estimate of drug-likeness (QED) is 0.551. The van der Waals surface area contributed by atoms with E-state index in [4.69, 9.17) is 14.6 Å². The van der Waals surface area contributed by atoms with Crippen molar-refractivity contribution in [1.82, 2.24) is 9.03 Å². The monoisotopic (exact) mass is 282 g/mol. The van der Waals surface area contributed by atoms with Gasteiger partial charge in [-0.15, -0.1) is 0 Å². The Hall–Kier alpha value is -0.740. The summed E-state index contributed by atoms with van der Waals surface area (Å²) in [5.74, 6) is -1.90. The van der Waals surface area contributed by atoms with Crippen LogP contribution in [0.2, 0.25) is 0 Å².